The topological polar surface area (TPSA) is 940 Å². The first-order valence-corrected chi connectivity index (χ1v) is 45.7. The van der Waals surface area contributed by atoms with Gasteiger partial charge < -0.3 is 280 Å². The maximum atomic E-state index is 13.5. The van der Waals surface area contributed by atoms with Crippen molar-refractivity contribution in [1.29, 1.82) is 0 Å². The van der Waals surface area contributed by atoms with Crippen LogP contribution < -0.4 is 27.4 Å². The third-order valence-corrected chi connectivity index (χ3v) is 27.5. The van der Waals surface area contributed by atoms with Gasteiger partial charge in [-0.05, 0) is 0 Å². The van der Waals surface area contributed by atoms with Crippen LogP contribution in [0.25, 0.3) is 0 Å². The highest BCUT2D eigenvalue weighted by molar-refractivity contribution is 9.09. The van der Waals surface area contributed by atoms with E-state index >= 15 is 0 Å². The fraction of sp³-hybridized carbons (Fsp3) is 0.962. The van der Waals surface area contributed by atoms with Crippen LogP contribution in [0, 0.1) is 23.7 Å². The van der Waals surface area contributed by atoms with Crippen LogP contribution in [-0.2, 0) is 114 Å². The monoisotopic (exact) mass is 2080 g/mol. The molecule has 0 spiro atoms. The Balaban J connectivity index is 0.841. The maximum absolute atomic E-state index is 13.5. The van der Waals surface area contributed by atoms with E-state index in [1.54, 1.807) is 0 Å². The molecule has 11 fully saturated rings. The van der Waals surface area contributed by atoms with Crippen molar-refractivity contribution in [2.45, 2.75) is 352 Å². The van der Waals surface area contributed by atoms with E-state index in [0.29, 0.717) is 0 Å². The van der Waals surface area contributed by atoms with Gasteiger partial charge in [0.2, 0.25) is 17.5 Å². The summed E-state index contributed by atoms with van der Waals surface area (Å²) in [5.41, 5.74) is 11.8. The average Bonchev–Trinajstić information content (AvgIpc) is 0.744. The van der Waals surface area contributed by atoms with E-state index in [4.69, 9.17) is 111 Å². The lowest BCUT2D eigenvalue weighted by Crippen LogP contribution is -2.74. The molecule has 802 valence electrons. The molecule has 0 aromatic heterocycles. The summed E-state index contributed by atoms with van der Waals surface area (Å²) in [5.74, 6) is -20.1. The molecule has 37 N–H and O–H groups in total. The molecule has 55 atom stereocenters. The Bertz CT molecular complexity index is 3810. The van der Waals surface area contributed by atoms with Gasteiger partial charge in [-0.25, -0.2) is 0 Å². The van der Waals surface area contributed by atoms with E-state index in [0.717, 1.165) is 14.1 Å². The summed E-state index contributed by atoms with van der Waals surface area (Å²) in [4.78, 5) is 39.4. The first kappa shape index (κ1) is 115. The van der Waals surface area contributed by atoms with E-state index in [1.165, 1.54) is 27.7 Å². The number of hydrogen-bond acceptors (Lipinski definition) is 56. The molecule has 11 aliphatic heterocycles. The van der Waals surface area contributed by atoms with E-state index in [1.807, 2.05) is 0 Å². The lowest BCUT2D eigenvalue weighted by atomic mass is 9.87. The van der Waals surface area contributed by atoms with Crippen molar-refractivity contribution in [2.24, 2.45) is 35.1 Å². The molecular weight excluding hydrogens is 1950 g/mol. The van der Waals surface area contributed by atoms with Crippen molar-refractivity contribution >= 4 is 33.7 Å². The smallest absolute Gasteiger partial charge is 0.280 e. The fourth-order valence-corrected chi connectivity index (χ4v) is 18.4. The van der Waals surface area contributed by atoms with Gasteiger partial charge in [0.05, 0.1) is 127 Å². The zero-order valence-electron chi connectivity index (χ0n) is 75.1. The molecule has 11 aliphatic rings. The highest BCUT2D eigenvalue weighted by Crippen LogP contribution is 2.46. The number of nitrogens with one attached hydrogen (secondary N) is 3. The van der Waals surface area contributed by atoms with Gasteiger partial charge in [0, 0.05) is 50.6 Å². The molecule has 59 nitrogen and oxygen atoms in total. The summed E-state index contributed by atoms with van der Waals surface area (Å²) in [7, 11) is 2.14. The number of halogens is 1. The van der Waals surface area contributed by atoms with Crippen molar-refractivity contribution in [2.75, 3.05) is 92.1 Å². The number of hydrogen-bond donors (Lipinski definition) is 35. The predicted octanol–water partition coefficient (Wildman–Crippen LogP) is -21.8. The maximum Gasteiger partial charge on any atom is 0.280 e. The van der Waals surface area contributed by atoms with Crippen LogP contribution in [0.1, 0.15) is 40.5 Å². The predicted molar refractivity (Wildman–Crippen MR) is 436 cm³/mol. The van der Waals surface area contributed by atoms with Gasteiger partial charge in [-0.3, -0.25) is 14.4 Å². The van der Waals surface area contributed by atoms with E-state index in [9.17, 15) is 168 Å². The lowest BCUT2D eigenvalue weighted by Gasteiger charge is -2.51. The number of aliphatic hydroxyl groups is 30. The number of alkyl halides is 1. The Morgan fingerprint density at radius 2 is 0.645 bits per heavy atom. The Hall–Kier alpha value is -3.23. The molecule has 0 aromatic carbocycles. The van der Waals surface area contributed by atoms with Gasteiger partial charge in [0.25, 0.3) is 23.4 Å². The largest absolute Gasteiger partial charge is 0.394 e. The minimum absolute atomic E-state index is 0.169. The third kappa shape index (κ3) is 23.4. The molecule has 60 heteroatoms. The summed E-state index contributed by atoms with van der Waals surface area (Å²) < 4.78 is 126. The van der Waals surface area contributed by atoms with Crippen molar-refractivity contribution in [3.63, 3.8) is 0 Å². The number of carbonyl (C=O) groups is 3. The number of likely N-dealkylation sites (N-methyl/N-ethyl adjacent to an activating group) is 2. The van der Waals surface area contributed by atoms with E-state index < -0.39 is 438 Å². The molecule has 11 saturated heterocycles. The number of rotatable bonds is 37. The first-order valence-electron chi connectivity index (χ1n) is 44.6. The molecule has 0 bridgehead atoms. The van der Waals surface area contributed by atoms with Gasteiger partial charge in [-0.15, -0.1) is 0 Å². The quantitative estimate of drug-likeness (QED) is 0.0257. The second-order valence-corrected chi connectivity index (χ2v) is 36.6. The summed E-state index contributed by atoms with van der Waals surface area (Å²) in [5, 5.41) is 345. The van der Waals surface area contributed by atoms with Gasteiger partial charge in [-0.2, -0.15) is 0 Å². The normalized spacial score (nSPS) is 50.3. The molecule has 0 saturated carbocycles. The van der Waals surface area contributed by atoms with Gasteiger partial charge in [0.1, 0.15) is 189 Å². The van der Waals surface area contributed by atoms with Crippen LogP contribution in [0.3, 0.4) is 0 Å². The number of nitrogens with two attached hydrogens (primary N) is 2. The van der Waals surface area contributed by atoms with Crippen molar-refractivity contribution in [1.82, 2.24) is 16.0 Å². The van der Waals surface area contributed by atoms with Gasteiger partial charge in [-0.1, -0.05) is 43.6 Å². The Morgan fingerprint density at radius 3 is 1.00 bits per heavy atom. The van der Waals surface area contributed by atoms with Crippen LogP contribution in [0.15, 0.2) is 0 Å². The Labute approximate surface area is 793 Å². The van der Waals surface area contributed by atoms with Crippen LogP contribution in [0.4, 0.5) is 0 Å². The van der Waals surface area contributed by atoms with Crippen LogP contribution in [-0.4, -0.2) is 575 Å². The summed E-state index contributed by atoms with van der Waals surface area (Å²) in [6, 6.07) is -3.76. The van der Waals surface area contributed by atoms with Crippen molar-refractivity contribution in [3.8, 4) is 0 Å². The molecule has 22 unspecified atom stereocenters. The third-order valence-electron chi connectivity index (χ3n) is 27.0. The second-order valence-electron chi connectivity index (χ2n) is 36.0. The summed E-state index contributed by atoms with van der Waals surface area (Å²) >= 11 is 3.03. The molecule has 0 aromatic rings. The fourth-order valence-electron chi connectivity index (χ4n) is 18.3. The number of ether oxygens (including phenoxy) is 21. The molecule has 0 radical (unpaired) electrons. The standard InChI is InChI=1S/C78H134BrN5O54/c1-21-39(98)55(29(12-87)121-64(21)84-38(97)9-79)130-65-22(2)40(99)58(32(15-90)124-65)133-70-54(113)59(134-72-61(51(110)44(103)28(11-86)123-72)136-67-24(4)42(101)57(31(14-89)126-67)132-69-53(112)49(108)46(105)35(129-69)20-120-76(74(115)83-6)8-26(94)63(81)78(117,138-76)37(96)17-92)47(106)33(127-70)18-118-71-60(50(109)43(102)27(10-85)122-71)135-66-23(3)41(100)56(30(13-88)125-66)131-68-52(111)48(107)45(104)34(128-68)19-119-75(73(114)82-5)7-25(93)62(80)77(116,137-75)36(95)16-91/h21-37,39-72,85-96,98-113,116-117H,7-20,80-81H2,1-6H3,(H,82,114)(H,83,115)(H,84,97)/t21-,22-,23?,24-,25+,26+,27?,28?,29?,30-,31?,32?,33?,34?,35?,36?,37?,39?,40?,41?,42?,43+,44+,45-,46-,47+,48?,49?,50?,51?,52-,53-,54?,55+,56+,57+,58+,59?,60+,61?,62+,63+,64+,65-,66-,67-,68-,69-,70-,71-,72+,75+,76+,77+,78+/m0/s1. The number of carbonyl (C=O) groups excluding carboxylic acids is 3. The van der Waals surface area contributed by atoms with E-state index in [2.05, 4.69) is 31.9 Å². The molecule has 3 amide bonds. The molecule has 0 aliphatic carbocycles. The zero-order valence-corrected chi connectivity index (χ0v) is 76.7. The minimum atomic E-state index is -3.09. The second kappa shape index (κ2) is 48.4. The SMILES string of the molecule is CNC(=O)[C@@]1(OCC2O[C@@H](O[C@@H]3C(CO)O[C@@H](OC4C(O)[C@H](O)C(CO)O[C@@H]4OC4C(O)[C@H](O[C@@H]5C(CO)O[C@@H](O[C@@H]6C(CO)O[C@@H](NC(=O)CBr)[C@@H](C)C6O)[C@@H](C)C5O)OC(CO[C@H]5OC(CO)[C@@H](O)C(O)[C@H]5O[C@@H]5O[C@@H](CO)[C@@H](O[C@@H]6OC(CO[C@]7(C(=O)NC)C[C@@H](O)[C@@H](N)[C@@](O)(C(O)CO)O7)[C@H](O)C(O)[C@@H]6O)C(O)C5C)[C@H]4O)[C@@H](C)C3O)[C@@H](O)C(O)[C@H]2O)C[C@@H](O)[C@@H](N)[C@@](O)(C(O)CO)O1. The highest BCUT2D eigenvalue weighted by Gasteiger charge is 2.66. The Morgan fingerprint density at radius 1 is 0.348 bits per heavy atom. The highest BCUT2D eigenvalue weighted by atomic mass is 79.9. The zero-order chi connectivity index (χ0) is 102. The average molecular weight is 2090 g/mol. The lowest BCUT2D eigenvalue weighted by molar-refractivity contribution is -0.407. The first-order chi connectivity index (χ1) is 65.1. The van der Waals surface area contributed by atoms with Gasteiger partial charge >= 0.3 is 0 Å². The summed E-state index contributed by atoms with van der Waals surface area (Å²) in [6.07, 6.45) is -92.7. The van der Waals surface area contributed by atoms with Crippen LogP contribution in [0.2, 0.25) is 0 Å². The molecule has 11 heterocycles. The van der Waals surface area contributed by atoms with Crippen LogP contribution >= 0.6 is 15.9 Å². The number of amides is 3. The number of aliphatic hydroxyl groups excluding tert-OH is 28. The summed E-state index contributed by atoms with van der Waals surface area (Å²) in [6.45, 7) is -6.90. The molecule has 11 rings (SSSR count). The minimum Gasteiger partial charge on any atom is -0.394 e. The Kier molecular flexibility index (Phi) is 40.3. The molecular formula is C78H134BrN5O54. The van der Waals surface area contributed by atoms with E-state index in [-0.39, 0.29) is 5.33 Å². The van der Waals surface area contributed by atoms with Gasteiger partial charge in [0.15, 0.2) is 50.3 Å². The van der Waals surface area contributed by atoms with Crippen LogP contribution in [0.5, 0.6) is 0 Å². The van der Waals surface area contributed by atoms with Crippen molar-refractivity contribution < 1.29 is 267 Å². The van der Waals surface area contributed by atoms with Crippen molar-refractivity contribution in [3.05, 3.63) is 0 Å². The molecule has 138 heavy (non-hydrogen) atoms.